The van der Waals surface area contributed by atoms with E-state index in [-0.39, 0.29) is 0 Å². The predicted octanol–water partition coefficient (Wildman–Crippen LogP) is 4.92. The maximum Gasteiger partial charge on any atom is 0.226 e. The number of amides is 1. The molecule has 0 spiro atoms. The third-order valence-corrected chi connectivity index (χ3v) is 6.26. The van der Waals surface area contributed by atoms with Crippen LogP contribution in [0.25, 0.3) is 0 Å². The van der Waals surface area contributed by atoms with Crippen LogP contribution in [0, 0.1) is 0 Å². The molecule has 0 aromatic rings. The van der Waals surface area contributed by atoms with Gasteiger partial charge in [-0.05, 0) is 63.9 Å². The van der Waals surface area contributed by atoms with Gasteiger partial charge in [-0.1, -0.05) is 32.6 Å². The van der Waals surface area contributed by atoms with E-state index in [1.54, 1.807) is 5.57 Å². The predicted molar refractivity (Wildman–Crippen MR) is 99.7 cm³/mol. The molecule has 2 atom stereocenters. The van der Waals surface area contributed by atoms with Gasteiger partial charge >= 0.3 is 0 Å². The van der Waals surface area contributed by atoms with Gasteiger partial charge in [0.15, 0.2) is 0 Å². The summed E-state index contributed by atoms with van der Waals surface area (Å²) in [5.41, 5.74) is 2.98. The minimum atomic E-state index is 0.354. The van der Waals surface area contributed by atoms with E-state index in [0.717, 1.165) is 32.1 Å². The molecule has 0 aromatic carbocycles. The normalized spacial score (nSPS) is 28.8. The van der Waals surface area contributed by atoms with Crippen molar-refractivity contribution < 1.29 is 4.79 Å². The third kappa shape index (κ3) is 4.04. The molecule has 2 unspecified atom stereocenters. The topological polar surface area (TPSA) is 32.3 Å². The Bertz CT molecular complexity index is 464. The molecule has 1 N–H and O–H groups in total. The lowest BCUT2D eigenvalue weighted by atomic mass is 9.82. The molecule has 0 radical (unpaired) electrons. The highest BCUT2D eigenvalue weighted by Gasteiger charge is 2.36. The molecule has 3 nitrogen and oxygen atoms in total. The smallest absolute Gasteiger partial charge is 0.226 e. The molecular formula is C21H36N2O. The van der Waals surface area contributed by atoms with Crippen molar-refractivity contribution in [2.75, 3.05) is 0 Å². The standard InChI is InChI=1S/C21H36N2O/c1-3-4-14-21(24)23-16(2)15-19(18-12-8-9-13-20(18)23)22-17-10-6-5-7-11-17/h16-17,19,22H,3-15H2,1-2H3. The van der Waals surface area contributed by atoms with Gasteiger partial charge in [-0.25, -0.2) is 0 Å². The number of rotatable bonds is 5. The van der Waals surface area contributed by atoms with Crippen molar-refractivity contribution in [3.05, 3.63) is 11.3 Å². The Labute approximate surface area is 148 Å². The molecule has 1 heterocycles. The minimum absolute atomic E-state index is 0.354. The summed E-state index contributed by atoms with van der Waals surface area (Å²) < 4.78 is 0. The Morgan fingerprint density at radius 1 is 1.12 bits per heavy atom. The summed E-state index contributed by atoms with van der Waals surface area (Å²) in [7, 11) is 0. The zero-order chi connectivity index (χ0) is 16.9. The molecule has 1 saturated carbocycles. The second-order valence-corrected chi connectivity index (χ2v) is 8.19. The van der Waals surface area contributed by atoms with Gasteiger partial charge in [0.05, 0.1) is 0 Å². The van der Waals surface area contributed by atoms with E-state index in [2.05, 4.69) is 24.1 Å². The van der Waals surface area contributed by atoms with Crippen LogP contribution in [0.2, 0.25) is 0 Å². The number of carbonyl (C=O) groups is 1. The van der Waals surface area contributed by atoms with Gasteiger partial charge in [0, 0.05) is 30.2 Å². The van der Waals surface area contributed by atoms with Crippen molar-refractivity contribution in [2.24, 2.45) is 0 Å². The number of hydrogen-bond donors (Lipinski definition) is 1. The zero-order valence-electron chi connectivity index (χ0n) is 15.8. The van der Waals surface area contributed by atoms with E-state index in [1.165, 1.54) is 57.1 Å². The first-order chi connectivity index (χ1) is 11.7. The summed E-state index contributed by atoms with van der Waals surface area (Å²) in [6.07, 6.45) is 15.7. The summed E-state index contributed by atoms with van der Waals surface area (Å²) in [6, 6.07) is 1.58. The van der Waals surface area contributed by atoms with Gasteiger partial charge in [0.1, 0.15) is 0 Å². The Morgan fingerprint density at radius 3 is 2.62 bits per heavy atom. The highest BCUT2D eigenvalue weighted by atomic mass is 16.2. The summed E-state index contributed by atoms with van der Waals surface area (Å²) in [6.45, 7) is 4.43. The first-order valence-corrected chi connectivity index (χ1v) is 10.5. The Hall–Kier alpha value is -0.830. The maximum absolute atomic E-state index is 12.8. The molecule has 24 heavy (non-hydrogen) atoms. The van der Waals surface area contributed by atoms with E-state index < -0.39 is 0 Å². The van der Waals surface area contributed by atoms with Crippen LogP contribution in [0.1, 0.15) is 97.3 Å². The summed E-state index contributed by atoms with van der Waals surface area (Å²) in [5.74, 6) is 0.370. The van der Waals surface area contributed by atoms with E-state index in [9.17, 15) is 4.79 Å². The molecule has 1 fully saturated rings. The minimum Gasteiger partial charge on any atom is -0.313 e. The quantitative estimate of drug-likeness (QED) is 0.775. The Kier molecular flexibility index (Phi) is 6.37. The van der Waals surface area contributed by atoms with E-state index >= 15 is 0 Å². The van der Waals surface area contributed by atoms with Gasteiger partial charge in [0.2, 0.25) is 5.91 Å². The number of allylic oxidation sites excluding steroid dienone is 1. The molecule has 0 bridgehead atoms. The highest BCUT2D eigenvalue weighted by Crippen LogP contribution is 2.38. The maximum atomic E-state index is 12.8. The van der Waals surface area contributed by atoms with E-state index in [0.29, 0.717) is 24.0 Å². The lowest BCUT2D eigenvalue weighted by molar-refractivity contribution is -0.132. The molecule has 3 rings (SSSR count). The average Bonchev–Trinajstić information content (AvgIpc) is 2.61. The number of carbonyl (C=O) groups excluding carboxylic acids is 1. The lowest BCUT2D eigenvalue weighted by Crippen LogP contribution is -2.51. The summed E-state index contributed by atoms with van der Waals surface area (Å²) >= 11 is 0. The van der Waals surface area contributed by atoms with Crippen LogP contribution in [0.3, 0.4) is 0 Å². The van der Waals surface area contributed by atoms with Crippen LogP contribution in [0.4, 0.5) is 0 Å². The fourth-order valence-corrected chi connectivity index (χ4v) is 4.99. The Morgan fingerprint density at radius 2 is 1.88 bits per heavy atom. The fourth-order valence-electron chi connectivity index (χ4n) is 4.99. The van der Waals surface area contributed by atoms with Crippen LogP contribution in [0.15, 0.2) is 11.3 Å². The second kappa shape index (κ2) is 8.51. The van der Waals surface area contributed by atoms with Crippen LogP contribution in [-0.2, 0) is 4.79 Å². The van der Waals surface area contributed by atoms with Crippen molar-refractivity contribution in [2.45, 2.75) is 115 Å². The van der Waals surface area contributed by atoms with E-state index in [4.69, 9.17) is 0 Å². The van der Waals surface area contributed by atoms with Crippen LogP contribution >= 0.6 is 0 Å². The van der Waals surface area contributed by atoms with Gasteiger partial charge < -0.3 is 10.2 Å². The summed E-state index contributed by atoms with van der Waals surface area (Å²) in [4.78, 5) is 15.0. The van der Waals surface area contributed by atoms with Crippen molar-refractivity contribution in [3.63, 3.8) is 0 Å². The highest BCUT2D eigenvalue weighted by molar-refractivity contribution is 5.79. The number of nitrogens with zero attached hydrogens (tertiary/aromatic N) is 1. The zero-order valence-corrected chi connectivity index (χ0v) is 15.8. The number of unbranched alkanes of at least 4 members (excludes halogenated alkanes) is 1. The molecule has 1 amide bonds. The first-order valence-electron chi connectivity index (χ1n) is 10.5. The molecule has 136 valence electrons. The third-order valence-electron chi connectivity index (χ3n) is 6.26. The molecule has 0 aromatic heterocycles. The van der Waals surface area contributed by atoms with Gasteiger partial charge in [-0.15, -0.1) is 0 Å². The molecule has 3 aliphatic rings. The van der Waals surface area contributed by atoms with Gasteiger partial charge in [0.25, 0.3) is 0 Å². The van der Waals surface area contributed by atoms with Gasteiger partial charge in [-0.3, -0.25) is 4.79 Å². The van der Waals surface area contributed by atoms with Gasteiger partial charge in [-0.2, -0.15) is 0 Å². The van der Waals surface area contributed by atoms with Crippen LogP contribution in [0.5, 0.6) is 0 Å². The van der Waals surface area contributed by atoms with Crippen LogP contribution in [-0.4, -0.2) is 28.9 Å². The molecule has 0 saturated heterocycles. The second-order valence-electron chi connectivity index (χ2n) is 8.19. The lowest BCUT2D eigenvalue weighted by Gasteiger charge is -2.45. The largest absolute Gasteiger partial charge is 0.313 e. The molecule has 1 aliphatic heterocycles. The number of hydrogen-bond acceptors (Lipinski definition) is 2. The number of nitrogens with one attached hydrogen (secondary N) is 1. The molecule has 3 heteroatoms. The summed E-state index contributed by atoms with van der Waals surface area (Å²) in [5, 5.41) is 3.99. The fraction of sp³-hybridized carbons (Fsp3) is 0.857. The average molecular weight is 333 g/mol. The van der Waals surface area contributed by atoms with Crippen molar-refractivity contribution >= 4 is 5.91 Å². The van der Waals surface area contributed by atoms with Crippen LogP contribution < -0.4 is 5.32 Å². The van der Waals surface area contributed by atoms with E-state index in [1.807, 2.05) is 0 Å². The molecule has 2 aliphatic carbocycles. The monoisotopic (exact) mass is 332 g/mol. The first kappa shape index (κ1) is 18.0. The Balaban J connectivity index is 1.76. The van der Waals surface area contributed by atoms with Crippen molar-refractivity contribution in [1.82, 2.24) is 10.2 Å². The molecular weight excluding hydrogens is 296 g/mol. The van der Waals surface area contributed by atoms with Crippen molar-refractivity contribution in [3.8, 4) is 0 Å². The SMILES string of the molecule is CCCCC(=O)N1C2=C(CCCC2)C(NC2CCCCC2)CC1C. The van der Waals surface area contributed by atoms with Crippen molar-refractivity contribution in [1.29, 1.82) is 0 Å².